The van der Waals surface area contributed by atoms with Crippen molar-refractivity contribution in [1.29, 1.82) is 0 Å². The van der Waals surface area contributed by atoms with Crippen molar-refractivity contribution in [3.8, 4) is 0 Å². The number of aliphatic hydroxyl groups is 1. The quantitative estimate of drug-likeness (QED) is 0.532. The van der Waals surface area contributed by atoms with E-state index in [2.05, 4.69) is 0 Å². The Hall–Kier alpha value is -1.61. The molecule has 0 bridgehead atoms. The molecule has 2 aliphatic rings. The molecule has 160 valence electrons. The molecule has 1 heterocycles. The Morgan fingerprint density at radius 3 is 2.50 bits per heavy atom. The number of β-amino-alcohol motifs (C(OH)–C–C–N with tert-alkyl or cyclic N) is 1. The van der Waals surface area contributed by atoms with Gasteiger partial charge in [0, 0.05) is 21.1 Å². The summed E-state index contributed by atoms with van der Waals surface area (Å²) in [4.78, 5) is 14.4. The molecule has 1 amide bonds. The van der Waals surface area contributed by atoms with Crippen LogP contribution in [0.2, 0.25) is 0 Å². The van der Waals surface area contributed by atoms with Crippen LogP contribution in [0.4, 0.5) is 13.2 Å². The molecule has 2 aromatic carbocycles. The second-order valence-electron chi connectivity index (χ2n) is 8.52. The summed E-state index contributed by atoms with van der Waals surface area (Å²) in [6, 6.07) is 6.66. The number of hydrogen-bond donors (Lipinski definition) is 1. The Balaban J connectivity index is 1.51. The highest BCUT2D eigenvalue weighted by Crippen LogP contribution is 2.36. The zero-order valence-electron chi connectivity index (χ0n) is 16.4. The minimum Gasteiger partial charge on any atom is -0.386 e. The third kappa shape index (κ3) is 4.37. The molecule has 7 heteroatoms. The lowest BCUT2D eigenvalue weighted by atomic mass is 9.77. The van der Waals surface area contributed by atoms with Crippen molar-refractivity contribution in [2.75, 3.05) is 13.1 Å². The molecule has 1 aliphatic heterocycles. The Labute approximate surface area is 187 Å². The number of carbonyl (C=O) groups excluding carboxylic acids is 1. The molecule has 30 heavy (non-hydrogen) atoms. The second kappa shape index (κ2) is 8.49. The maximum Gasteiger partial charge on any atom is 0.254 e. The number of amides is 1. The van der Waals surface area contributed by atoms with Crippen molar-refractivity contribution in [3.63, 3.8) is 0 Å². The lowest BCUT2D eigenvalue weighted by Crippen LogP contribution is -2.63. The van der Waals surface area contributed by atoms with Crippen LogP contribution < -0.4 is 0 Å². The Bertz CT molecular complexity index is 971. The molecule has 3 nitrogen and oxygen atoms in total. The molecule has 1 saturated carbocycles. The van der Waals surface area contributed by atoms with Gasteiger partial charge < -0.3 is 10.0 Å². The van der Waals surface area contributed by atoms with Crippen molar-refractivity contribution in [3.05, 3.63) is 68.0 Å². The van der Waals surface area contributed by atoms with E-state index in [1.54, 1.807) is 6.07 Å². The molecule has 1 N–H and O–H groups in total. The smallest absolute Gasteiger partial charge is 0.254 e. The third-order valence-electron chi connectivity index (χ3n) is 6.31. The summed E-state index contributed by atoms with van der Waals surface area (Å²) in [6.45, 7) is 0.351. The number of carbonyl (C=O) groups is 1. The van der Waals surface area contributed by atoms with Crippen molar-refractivity contribution >= 4 is 28.5 Å². The minimum atomic E-state index is -1.14. The summed E-state index contributed by atoms with van der Waals surface area (Å²) >= 11 is 1.96. The maximum atomic E-state index is 14.6. The van der Waals surface area contributed by atoms with Crippen LogP contribution in [0.15, 0.2) is 30.3 Å². The Morgan fingerprint density at radius 1 is 1.13 bits per heavy atom. The van der Waals surface area contributed by atoms with Crippen LogP contribution in [0.3, 0.4) is 0 Å². The van der Waals surface area contributed by atoms with Gasteiger partial charge in [-0.1, -0.05) is 25.3 Å². The number of hydrogen-bond acceptors (Lipinski definition) is 2. The first kappa shape index (κ1) is 21.6. The zero-order valence-corrected chi connectivity index (χ0v) is 18.6. The summed E-state index contributed by atoms with van der Waals surface area (Å²) < 4.78 is 43.4. The van der Waals surface area contributed by atoms with Gasteiger partial charge in [0.2, 0.25) is 0 Å². The van der Waals surface area contributed by atoms with Crippen LogP contribution >= 0.6 is 22.6 Å². The van der Waals surface area contributed by atoms with E-state index in [4.69, 9.17) is 0 Å². The van der Waals surface area contributed by atoms with Gasteiger partial charge in [-0.15, -0.1) is 0 Å². The van der Waals surface area contributed by atoms with E-state index in [9.17, 15) is 23.1 Å². The number of nitrogens with zero attached hydrogens (tertiary/aromatic N) is 1. The molecule has 0 radical (unpaired) electrons. The molecule has 0 spiro atoms. The maximum absolute atomic E-state index is 14.6. The van der Waals surface area contributed by atoms with E-state index in [0.29, 0.717) is 15.9 Å². The highest BCUT2D eigenvalue weighted by Gasteiger charge is 2.44. The number of likely N-dealkylation sites (tertiary alicyclic amines) is 1. The van der Waals surface area contributed by atoms with Crippen LogP contribution in [0.25, 0.3) is 0 Å². The molecule has 0 aromatic heterocycles. The average molecular weight is 529 g/mol. The first-order valence-electron chi connectivity index (χ1n) is 10.2. The van der Waals surface area contributed by atoms with Crippen LogP contribution in [-0.2, 0) is 6.42 Å². The molecule has 1 aliphatic carbocycles. The number of halogens is 4. The summed E-state index contributed by atoms with van der Waals surface area (Å²) in [7, 11) is 0. The largest absolute Gasteiger partial charge is 0.386 e. The van der Waals surface area contributed by atoms with Gasteiger partial charge in [-0.25, -0.2) is 13.2 Å². The third-order valence-corrected chi connectivity index (χ3v) is 6.98. The molecule has 4 rings (SSSR count). The monoisotopic (exact) mass is 529 g/mol. The van der Waals surface area contributed by atoms with Gasteiger partial charge in [0.25, 0.3) is 5.91 Å². The van der Waals surface area contributed by atoms with E-state index in [1.165, 1.54) is 42.4 Å². The van der Waals surface area contributed by atoms with Gasteiger partial charge in [-0.3, -0.25) is 4.79 Å². The molecular weight excluding hydrogens is 506 g/mol. The SMILES string of the molecule is O=C(c1ccc(F)c(F)c1Cc1ccc(I)cc1F)N1CC(O)(CCC2CCC2)C1. The van der Waals surface area contributed by atoms with Crippen molar-refractivity contribution < 1.29 is 23.1 Å². The van der Waals surface area contributed by atoms with Gasteiger partial charge in [0.05, 0.1) is 18.7 Å². The van der Waals surface area contributed by atoms with Crippen LogP contribution in [0.5, 0.6) is 0 Å². The zero-order chi connectivity index (χ0) is 21.5. The van der Waals surface area contributed by atoms with Crippen molar-refractivity contribution in [1.82, 2.24) is 4.90 Å². The Morgan fingerprint density at radius 2 is 1.87 bits per heavy atom. The van der Waals surface area contributed by atoms with E-state index in [0.717, 1.165) is 12.5 Å². The van der Waals surface area contributed by atoms with Crippen LogP contribution in [-0.4, -0.2) is 34.6 Å². The van der Waals surface area contributed by atoms with Crippen LogP contribution in [0.1, 0.15) is 53.6 Å². The first-order valence-corrected chi connectivity index (χ1v) is 11.3. The normalized spacial score (nSPS) is 18.1. The summed E-state index contributed by atoms with van der Waals surface area (Å²) in [5.41, 5.74) is -0.876. The number of benzene rings is 2. The van der Waals surface area contributed by atoms with Gasteiger partial charge >= 0.3 is 0 Å². The van der Waals surface area contributed by atoms with E-state index < -0.39 is 29.0 Å². The molecular formula is C23H23F3INO2. The fourth-order valence-corrected chi connectivity index (χ4v) is 4.67. The van der Waals surface area contributed by atoms with E-state index in [1.807, 2.05) is 22.6 Å². The minimum absolute atomic E-state index is 0.00731. The van der Waals surface area contributed by atoms with Gasteiger partial charge in [-0.2, -0.15) is 0 Å². The molecule has 2 fully saturated rings. The lowest BCUT2D eigenvalue weighted by molar-refractivity contribution is -0.0900. The van der Waals surface area contributed by atoms with E-state index >= 15 is 0 Å². The van der Waals surface area contributed by atoms with Gasteiger partial charge in [0.15, 0.2) is 11.6 Å². The average Bonchev–Trinajstić information content (AvgIpc) is 2.63. The molecule has 1 saturated heterocycles. The summed E-state index contributed by atoms with van der Waals surface area (Å²) in [5, 5.41) is 10.6. The topological polar surface area (TPSA) is 40.5 Å². The van der Waals surface area contributed by atoms with Crippen molar-refractivity contribution in [2.24, 2.45) is 5.92 Å². The number of rotatable bonds is 6. The predicted octanol–water partition coefficient (Wildman–Crippen LogP) is 5.07. The highest BCUT2D eigenvalue weighted by molar-refractivity contribution is 14.1. The summed E-state index contributed by atoms with van der Waals surface area (Å²) in [6.07, 6.45) is 5.00. The van der Waals surface area contributed by atoms with E-state index in [-0.39, 0.29) is 36.2 Å². The van der Waals surface area contributed by atoms with Crippen molar-refractivity contribution in [2.45, 2.75) is 44.1 Å². The molecule has 0 unspecified atom stereocenters. The molecule has 2 aromatic rings. The van der Waals surface area contributed by atoms with Crippen LogP contribution in [0, 0.1) is 26.9 Å². The fourth-order valence-electron chi connectivity index (χ4n) is 4.21. The lowest BCUT2D eigenvalue weighted by Gasteiger charge is -2.47. The van der Waals surface area contributed by atoms with Gasteiger partial charge in [0.1, 0.15) is 5.82 Å². The molecule has 0 atom stereocenters. The van der Waals surface area contributed by atoms with Gasteiger partial charge in [-0.05, 0) is 71.2 Å². The predicted molar refractivity (Wildman–Crippen MR) is 116 cm³/mol. The Kier molecular flexibility index (Phi) is 6.12. The summed E-state index contributed by atoms with van der Waals surface area (Å²) in [5.74, 6) is -2.55. The first-order chi connectivity index (χ1) is 14.3. The second-order valence-corrected chi connectivity index (χ2v) is 9.77. The fraction of sp³-hybridized carbons (Fsp3) is 0.435. The highest BCUT2D eigenvalue weighted by atomic mass is 127. The standard InChI is InChI=1S/C23H23F3INO2/c24-19-7-6-17(18(21(19)26)10-15-4-5-16(27)11-20(15)25)22(29)28-12-23(30,13-28)9-8-14-2-1-3-14/h4-7,11,14,30H,1-3,8-10,12-13H2.